The van der Waals surface area contributed by atoms with E-state index in [1.807, 2.05) is 43.3 Å². The van der Waals surface area contributed by atoms with Crippen LogP contribution in [0.3, 0.4) is 0 Å². The first-order valence-electron chi connectivity index (χ1n) is 12.8. The van der Waals surface area contributed by atoms with E-state index in [9.17, 15) is 19.5 Å². The Labute approximate surface area is 204 Å². The standard InChI is InChI=1S/C28H42N2O4/c1-5-6-13-24(28(33)34)29-26(31)25-14-10-17-30(25)27(32)23(16-15-21(4)18-20(2)3)19-22-11-8-7-9-12-22/h7-9,11-12,15-16,20-21,23-25H,5-6,10,13-14,17-19H2,1-4H3,(H,29,31)(H,33,34)/b16-15+/t21-,23-,24+,25+/m1/s1. The van der Waals surface area contributed by atoms with Crippen molar-refractivity contribution in [3.8, 4) is 0 Å². The highest BCUT2D eigenvalue weighted by atomic mass is 16.4. The third-order valence-electron chi connectivity index (χ3n) is 6.43. The first-order valence-corrected chi connectivity index (χ1v) is 12.8. The average molecular weight is 471 g/mol. The van der Waals surface area contributed by atoms with E-state index < -0.39 is 18.1 Å². The van der Waals surface area contributed by atoms with Gasteiger partial charge in [0.1, 0.15) is 12.1 Å². The van der Waals surface area contributed by atoms with Crippen molar-refractivity contribution in [1.29, 1.82) is 0 Å². The number of hydrogen-bond acceptors (Lipinski definition) is 3. The van der Waals surface area contributed by atoms with Crippen LogP contribution >= 0.6 is 0 Å². The molecule has 1 aliphatic rings. The topological polar surface area (TPSA) is 86.7 Å². The van der Waals surface area contributed by atoms with Gasteiger partial charge in [0.25, 0.3) is 0 Å². The Morgan fingerprint density at radius 3 is 2.47 bits per heavy atom. The van der Waals surface area contributed by atoms with E-state index in [2.05, 4.69) is 32.2 Å². The molecule has 34 heavy (non-hydrogen) atoms. The number of aliphatic carboxylic acids is 1. The molecular formula is C28H42N2O4. The van der Waals surface area contributed by atoms with E-state index in [0.717, 1.165) is 31.2 Å². The van der Waals surface area contributed by atoms with Crippen LogP contribution in [0.4, 0.5) is 0 Å². The number of benzene rings is 1. The van der Waals surface area contributed by atoms with E-state index in [-0.39, 0.29) is 17.7 Å². The summed E-state index contributed by atoms with van der Waals surface area (Å²) < 4.78 is 0. The smallest absolute Gasteiger partial charge is 0.326 e. The Bertz CT molecular complexity index is 821. The highest BCUT2D eigenvalue weighted by Crippen LogP contribution is 2.24. The number of likely N-dealkylation sites (tertiary alicyclic amines) is 1. The monoisotopic (exact) mass is 470 g/mol. The summed E-state index contributed by atoms with van der Waals surface area (Å²) >= 11 is 0. The molecule has 0 aromatic heterocycles. The van der Waals surface area contributed by atoms with Crippen LogP contribution in [0.25, 0.3) is 0 Å². The molecule has 188 valence electrons. The van der Waals surface area contributed by atoms with Crippen LogP contribution in [-0.4, -0.2) is 46.4 Å². The fourth-order valence-electron chi connectivity index (χ4n) is 4.70. The molecule has 0 aliphatic carbocycles. The molecule has 6 nitrogen and oxygen atoms in total. The lowest BCUT2D eigenvalue weighted by Gasteiger charge is -2.28. The maximum absolute atomic E-state index is 13.7. The van der Waals surface area contributed by atoms with E-state index in [4.69, 9.17) is 0 Å². The van der Waals surface area contributed by atoms with Crippen LogP contribution in [0.2, 0.25) is 0 Å². The lowest BCUT2D eigenvalue weighted by Crippen LogP contribution is -2.51. The van der Waals surface area contributed by atoms with Crippen molar-refractivity contribution >= 4 is 17.8 Å². The Hall–Kier alpha value is -2.63. The third kappa shape index (κ3) is 8.62. The molecule has 0 saturated carbocycles. The summed E-state index contributed by atoms with van der Waals surface area (Å²) in [6, 6.07) is 8.40. The Kier molecular flexibility index (Phi) is 11.3. The van der Waals surface area contributed by atoms with Gasteiger partial charge >= 0.3 is 5.97 Å². The second-order valence-electron chi connectivity index (χ2n) is 10.0. The maximum Gasteiger partial charge on any atom is 0.326 e. The van der Waals surface area contributed by atoms with Gasteiger partial charge in [0, 0.05) is 6.54 Å². The Balaban J connectivity index is 2.18. The molecule has 1 aliphatic heterocycles. The van der Waals surface area contributed by atoms with Gasteiger partial charge < -0.3 is 15.3 Å². The number of amides is 2. The molecule has 1 saturated heterocycles. The molecule has 6 heteroatoms. The largest absolute Gasteiger partial charge is 0.480 e. The summed E-state index contributed by atoms with van der Waals surface area (Å²) in [4.78, 5) is 40.0. The number of rotatable bonds is 13. The lowest BCUT2D eigenvalue weighted by atomic mass is 9.93. The molecule has 1 fully saturated rings. The van der Waals surface area contributed by atoms with Crippen molar-refractivity contribution in [2.24, 2.45) is 17.8 Å². The van der Waals surface area contributed by atoms with Crippen molar-refractivity contribution < 1.29 is 19.5 Å². The predicted molar refractivity (Wildman–Crippen MR) is 135 cm³/mol. The number of nitrogens with zero attached hydrogens (tertiary/aromatic N) is 1. The highest BCUT2D eigenvalue weighted by molar-refractivity contribution is 5.92. The lowest BCUT2D eigenvalue weighted by molar-refractivity contribution is -0.144. The highest BCUT2D eigenvalue weighted by Gasteiger charge is 2.37. The third-order valence-corrected chi connectivity index (χ3v) is 6.43. The Morgan fingerprint density at radius 2 is 1.85 bits per heavy atom. The maximum atomic E-state index is 13.7. The van der Waals surface area contributed by atoms with E-state index in [0.29, 0.717) is 37.6 Å². The van der Waals surface area contributed by atoms with Crippen LogP contribution in [0, 0.1) is 17.8 Å². The number of carboxylic acids is 1. The average Bonchev–Trinajstić information content (AvgIpc) is 3.29. The van der Waals surface area contributed by atoms with Gasteiger partial charge in [0.05, 0.1) is 5.92 Å². The number of carbonyl (C=O) groups excluding carboxylic acids is 2. The van der Waals surface area contributed by atoms with E-state index in [1.165, 1.54) is 0 Å². The summed E-state index contributed by atoms with van der Waals surface area (Å²) in [6.07, 6.45) is 9.03. The summed E-state index contributed by atoms with van der Waals surface area (Å²) in [7, 11) is 0. The minimum Gasteiger partial charge on any atom is -0.480 e. The predicted octanol–water partition coefficient (Wildman–Crippen LogP) is 4.83. The van der Waals surface area contributed by atoms with Crippen LogP contribution in [-0.2, 0) is 20.8 Å². The zero-order valence-electron chi connectivity index (χ0n) is 21.2. The number of allylic oxidation sites excluding steroid dienone is 1. The minimum absolute atomic E-state index is 0.0602. The molecule has 1 heterocycles. The summed E-state index contributed by atoms with van der Waals surface area (Å²) in [5.41, 5.74) is 1.08. The molecular weight excluding hydrogens is 428 g/mol. The van der Waals surface area contributed by atoms with Crippen LogP contribution in [0.15, 0.2) is 42.5 Å². The van der Waals surface area contributed by atoms with Gasteiger partial charge in [-0.25, -0.2) is 4.79 Å². The molecule has 4 atom stereocenters. The van der Waals surface area contributed by atoms with Crippen LogP contribution in [0.1, 0.15) is 71.8 Å². The van der Waals surface area contributed by atoms with Crippen molar-refractivity contribution in [1.82, 2.24) is 10.2 Å². The number of carboxylic acid groups (broad SMARTS) is 1. The molecule has 0 spiro atoms. The van der Waals surface area contributed by atoms with E-state index >= 15 is 0 Å². The molecule has 2 amide bonds. The normalized spacial score (nSPS) is 18.7. The molecule has 2 rings (SSSR count). The summed E-state index contributed by atoms with van der Waals surface area (Å²) in [5, 5.41) is 12.2. The molecule has 0 unspecified atom stereocenters. The van der Waals surface area contributed by atoms with Gasteiger partial charge in [0.2, 0.25) is 11.8 Å². The first kappa shape index (κ1) is 27.6. The first-order chi connectivity index (χ1) is 16.2. The summed E-state index contributed by atoms with van der Waals surface area (Å²) in [6.45, 7) is 9.05. The van der Waals surface area contributed by atoms with Gasteiger partial charge in [-0.05, 0) is 49.5 Å². The zero-order valence-corrected chi connectivity index (χ0v) is 21.2. The quantitative estimate of drug-likeness (QED) is 0.404. The summed E-state index contributed by atoms with van der Waals surface area (Å²) in [5.74, 6) is -0.870. The molecule has 2 N–H and O–H groups in total. The number of nitrogens with one attached hydrogen (secondary N) is 1. The van der Waals surface area contributed by atoms with Gasteiger partial charge in [-0.3, -0.25) is 9.59 Å². The number of unbranched alkanes of at least 4 members (excludes halogenated alkanes) is 1. The SMILES string of the molecule is CCCC[C@H](NC(=O)[C@@H]1CCCN1C(=O)[C@H](/C=C/[C@@H](C)CC(C)C)Cc1ccccc1)C(=O)O. The number of hydrogen-bond donors (Lipinski definition) is 2. The molecule has 1 aromatic rings. The van der Waals surface area contributed by atoms with Crippen molar-refractivity contribution in [2.75, 3.05) is 6.54 Å². The second kappa shape index (κ2) is 13.9. The fraction of sp³-hybridized carbons (Fsp3) is 0.607. The van der Waals surface area contributed by atoms with Crippen molar-refractivity contribution in [3.63, 3.8) is 0 Å². The van der Waals surface area contributed by atoms with Crippen LogP contribution < -0.4 is 5.32 Å². The van der Waals surface area contributed by atoms with E-state index in [1.54, 1.807) is 4.90 Å². The fourth-order valence-corrected chi connectivity index (χ4v) is 4.70. The van der Waals surface area contributed by atoms with Crippen LogP contribution in [0.5, 0.6) is 0 Å². The molecule has 1 aromatic carbocycles. The van der Waals surface area contributed by atoms with Gasteiger partial charge in [-0.15, -0.1) is 0 Å². The van der Waals surface area contributed by atoms with Crippen molar-refractivity contribution in [3.05, 3.63) is 48.0 Å². The second-order valence-corrected chi connectivity index (χ2v) is 10.0. The van der Waals surface area contributed by atoms with Gasteiger partial charge in [0.15, 0.2) is 0 Å². The molecule has 0 radical (unpaired) electrons. The zero-order chi connectivity index (χ0) is 25.1. The molecule has 0 bridgehead atoms. The van der Waals surface area contributed by atoms with Gasteiger partial charge in [-0.2, -0.15) is 0 Å². The Morgan fingerprint density at radius 1 is 1.15 bits per heavy atom. The van der Waals surface area contributed by atoms with Gasteiger partial charge in [-0.1, -0.05) is 83.0 Å². The number of carbonyl (C=O) groups is 3. The minimum atomic E-state index is -1.03. The van der Waals surface area contributed by atoms with Crippen molar-refractivity contribution in [2.45, 2.75) is 84.7 Å².